The Labute approximate surface area is 193 Å². The minimum atomic E-state index is 0. The molecule has 1 saturated heterocycles. The highest BCUT2D eigenvalue weighted by atomic mass is 127. The monoisotopic (exact) mass is 515 g/mol. The fourth-order valence-corrected chi connectivity index (χ4v) is 3.82. The van der Waals surface area contributed by atoms with Gasteiger partial charge < -0.3 is 15.5 Å². The van der Waals surface area contributed by atoms with Crippen molar-refractivity contribution in [3.63, 3.8) is 0 Å². The zero-order chi connectivity index (χ0) is 20.5. The number of aliphatic imine (C=N–C) groups is 1. The number of benzene rings is 1. The molecule has 2 rings (SSSR count). The first-order valence-corrected chi connectivity index (χ1v) is 10.5. The molecule has 2 N–H and O–H groups in total. The van der Waals surface area contributed by atoms with Crippen LogP contribution in [0.2, 0.25) is 0 Å². The highest BCUT2D eigenvalue weighted by Gasteiger charge is 2.28. The van der Waals surface area contributed by atoms with Gasteiger partial charge in [-0.25, -0.2) is 0 Å². The summed E-state index contributed by atoms with van der Waals surface area (Å²) in [6.07, 6.45) is 0.956. The van der Waals surface area contributed by atoms with Gasteiger partial charge >= 0.3 is 0 Å². The summed E-state index contributed by atoms with van der Waals surface area (Å²) in [4.78, 5) is 21.0. The molecular formula is C22H38IN5O. The standard InChI is InChI=1S/C22H37N5O.HI/c1-6-26(7-2)20(18-11-9-8-10-12-18)15-24-22(23-5)25-19-13-14-27(16-19)21(28)17(3)4;/h8-12,17,19-20H,6-7,13-16H2,1-5H3,(H2,23,24,25);1H. The number of carbonyl (C=O) groups excluding carboxylic acids is 1. The number of halogens is 1. The lowest BCUT2D eigenvalue weighted by Gasteiger charge is -2.31. The molecule has 0 bridgehead atoms. The van der Waals surface area contributed by atoms with Crippen molar-refractivity contribution in [1.29, 1.82) is 0 Å². The predicted octanol–water partition coefficient (Wildman–Crippen LogP) is 3.11. The number of carbonyl (C=O) groups is 1. The van der Waals surface area contributed by atoms with Gasteiger partial charge in [0.25, 0.3) is 0 Å². The van der Waals surface area contributed by atoms with Gasteiger partial charge in [0, 0.05) is 38.6 Å². The van der Waals surface area contributed by atoms with Crippen molar-refractivity contribution in [2.45, 2.75) is 46.2 Å². The van der Waals surface area contributed by atoms with Gasteiger partial charge in [-0.1, -0.05) is 58.0 Å². The number of nitrogens with zero attached hydrogens (tertiary/aromatic N) is 3. The minimum absolute atomic E-state index is 0. The van der Waals surface area contributed by atoms with E-state index in [-0.39, 0.29) is 47.9 Å². The van der Waals surface area contributed by atoms with Gasteiger partial charge in [0.05, 0.1) is 6.04 Å². The molecule has 1 aromatic carbocycles. The normalized spacial score (nSPS) is 18.0. The van der Waals surface area contributed by atoms with Crippen molar-refractivity contribution in [2.75, 3.05) is 39.8 Å². The Hall–Kier alpha value is -1.35. The van der Waals surface area contributed by atoms with Crippen LogP contribution in [0.15, 0.2) is 35.3 Å². The van der Waals surface area contributed by atoms with Crippen molar-refractivity contribution in [3.8, 4) is 0 Å². The summed E-state index contributed by atoms with van der Waals surface area (Å²) in [5, 5.41) is 7.00. The largest absolute Gasteiger partial charge is 0.354 e. The minimum Gasteiger partial charge on any atom is -0.354 e. The third kappa shape index (κ3) is 7.44. The Balaban J connectivity index is 0.00000420. The molecule has 0 aliphatic carbocycles. The van der Waals surface area contributed by atoms with Crippen LogP contribution in [0.1, 0.15) is 45.7 Å². The topological polar surface area (TPSA) is 60.0 Å². The van der Waals surface area contributed by atoms with Gasteiger partial charge in [0.2, 0.25) is 5.91 Å². The average molecular weight is 515 g/mol. The van der Waals surface area contributed by atoms with Crippen molar-refractivity contribution < 1.29 is 4.79 Å². The molecule has 1 fully saturated rings. The molecule has 2 unspecified atom stereocenters. The number of nitrogens with one attached hydrogen (secondary N) is 2. The summed E-state index contributed by atoms with van der Waals surface area (Å²) in [6.45, 7) is 12.7. The van der Waals surface area contributed by atoms with Gasteiger partial charge in [-0.15, -0.1) is 24.0 Å². The van der Waals surface area contributed by atoms with Crippen LogP contribution in [-0.4, -0.2) is 67.5 Å². The van der Waals surface area contributed by atoms with E-state index < -0.39 is 0 Å². The molecule has 0 aromatic heterocycles. The number of amides is 1. The Morgan fingerprint density at radius 3 is 2.45 bits per heavy atom. The second kappa shape index (κ2) is 13.1. The summed E-state index contributed by atoms with van der Waals surface area (Å²) < 4.78 is 0. The first-order valence-electron chi connectivity index (χ1n) is 10.5. The maximum atomic E-state index is 12.2. The molecule has 0 saturated carbocycles. The van der Waals surface area contributed by atoms with E-state index in [1.807, 2.05) is 18.7 Å². The third-order valence-corrected chi connectivity index (χ3v) is 5.46. The molecule has 1 heterocycles. The summed E-state index contributed by atoms with van der Waals surface area (Å²) in [6, 6.07) is 11.2. The summed E-state index contributed by atoms with van der Waals surface area (Å²) >= 11 is 0. The van der Waals surface area contributed by atoms with Gasteiger partial charge in [-0.05, 0) is 25.1 Å². The second-order valence-electron chi connectivity index (χ2n) is 7.67. The summed E-state index contributed by atoms with van der Waals surface area (Å²) in [5.74, 6) is 1.09. The van der Waals surface area contributed by atoms with E-state index in [2.05, 4.69) is 64.7 Å². The number of likely N-dealkylation sites (N-methyl/N-ethyl adjacent to an activating group) is 1. The molecule has 164 valence electrons. The highest BCUT2D eigenvalue weighted by Crippen LogP contribution is 2.19. The summed E-state index contributed by atoms with van der Waals surface area (Å²) in [5.41, 5.74) is 1.31. The van der Waals surface area contributed by atoms with E-state index >= 15 is 0 Å². The first-order chi connectivity index (χ1) is 13.5. The van der Waals surface area contributed by atoms with Gasteiger partial charge in [0.1, 0.15) is 0 Å². The molecule has 6 nitrogen and oxygen atoms in total. The van der Waals surface area contributed by atoms with Crippen LogP contribution in [0, 0.1) is 5.92 Å². The Bertz CT molecular complexity index is 633. The maximum Gasteiger partial charge on any atom is 0.225 e. The summed E-state index contributed by atoms with van der Waals surface area (Å²) in [7, 11) is 1.80. The predicted molar refractivity (Wildman–Crippen MR) is 132 cm³/mol. The van der Waals surface area contributed by atoms with Gasteiger partial charge in [0.15, 0.2) is 5.96 Å². The highest BCUT2D eigenvalue weighted by molar-refractivity contribution is 14.0. The van der Waals surface area contributed by atoms with Crippen molar-refractivity contribution >= 4 is 35.8 Å². The molecule has 1 aliphatic heterocycles. The van der Waals surface area contributed by atoms with E-state index in [0.717, 1.165) is 45.1 Å². The number of hydrogen-bond acceptors (Lipinski definition) is 3. The van der Waals surface area contributed by atoms with Crippen LogP contribution < -0.4 is 10.6 Å². The van der Waals surface area contributed by atoms with Gasteiger partial charge in [-0.2, -0.15) is 0 Å². The fraction of sp³-hybridized carbons (Fsp3) is 0.636. The molecule has 1 aromatic rings. The van der Waals surface area contributed by atoms with Crippen molar-refractivity contribution in [1.82, 2.24) is 20.4 Å². The fourth-order valence-electron chi connectivity index (χ4n) is 3.82. The molecule has 1 aliphatic rings. The van der Waals surface area contributed by atoms with Crippen LogP contribution in [0.4, 0.5) is 0 Å². The Morgan fingerprint density at radius 1 is 1.24 bits per heavy atom. The van der Waals surface area contributed by atoms with E-state index in [4.69, 9.17) is 0 Å². The Morgan fingerprint density at radius 2 is 1.90 bits per heavy atom. The smallest absolute Gasteiger partial charge is 0.225 e. The molecular weight excluding hydrogens is 477 g/mol. The third-order valence-electron chi connectivity index (χ3n) is 5.46. The zero-order valence-electron chi connectivity index (χ0n) is 18.5. The molecule has 1 amide bonds. The van der Waals surface area contributed by atoms with E-state index in [1.54, 1.807) is 7.05 Å². The molecule has 2 atom stereocenters. The molecule has 0 radical (unpaired) electrons. The first kappa shape index (κ1) is 25.7. The molecule has 29 heavy (non-hydrogen) atoms. The van der Waals surface area contributed by atoms with E-state index in [9.17, 15) is 4.79 Å². The second-order valence-corrected chi connectivity index (χ2v) is 7.67. The van der Waals surface area contributed by atoms with Crippen LogP contribution in [0.3, 0.4) is 0 Å². The quantitative estimate of drug-likeness (QED) is 0.318. The number of guanidine groups is 1. The van der Waals surface area contributed by atoms with Crippen LogP contribution >= 0.6 is 24.0 Å². The van der Waals surface area contributed by atoms with E-state index in [0.29, 0.717) is 0 Å². The zero-order valence-corrected chi connectivity index (χ0v) is 20.8. The van der Waals surface area contributed by atoms with Crippen molar-refractivity contribution in [2.24, 2.45) is 10.9 Å². The van der Waals surface area contributed by atoms with Gasteiger partial charge in [-0.3, -0.25) is 14.7 Å². The van der Waals surface area contributed by atoms with Crippen LogP contribution in [0.5, 0.6) is 0 Å². The Kier molecular flexibility index (Phi) is 11.6. The lowest BCUT2D eigenvalue weighted by molar-refractivity contribution is -0.133. The number of likely N-dealkylation sites (tertiary alicyclic amines) is 1. The van der Waals surface area contributed by atoms with E-state index in [1.165, 1.54) is 5.56 Å². The lowest BCUT2D eigenvalue weighted by atomic mass is 10.1. The number of hydrogen-bond donors (Lipinski definition) is 2. The number of rotatable bonds is 8. The average Bonchev–Trinajstić information content (AvgIpc) is 3.18. The van der Waals surface area contributed by atoms with Crippen LogP contribution in [-0.2, 0) is 4.79 Å². The van der Waals surface area contributed by atoms with Crippen LogP contribution in [0.25, 0.3) is 0 Å². The van der Waals surface area contributed by atoms with Crippen molar-refractivity contribution in [3.05, 3.63) is 35.9 Å². The molecule has 7 heteroatoms. The molecule has 0 spiro atoms. The SMILES string of the molecule is CCN(CC)C(CNC(=NC)NC1CCN(C(=O)C(C)C)C1)c1ccccc1.I. The lowest BCUT2D eigenvalue weighted by Crippen LogP contribution is -2.47. The maximum absolute atomic E-state index is 12.2.